The Kier molecular flexibility index (Phi) is 7.26. The molecule has 0 spiro atoms. The van der Waals surface area contributed by atoms with Gasteiger partial charge in [0.1, 0.15) is 17.6 Å². The van der Waals surface area contributed by atoms with Crippen molar-refractivity contribution in [2.24, 2.45) is 5.73 Å². The van der Waals surface area contributed by atoms with Crippen LogP contribution in [0.15, 0.2) is 42.5 Å². The summed E-state index contributed by atoms with van der Waals surface area (Å²) in [5, 5.41) is 20.6. The van der Waals surface area contributed by atoms with E-state index < -0.39 is 24.7 Å². The monoisotopic (exact) mass is 466 g/mol. The molecule has 0 radical (unpaired) electrons. The molecule has 0 bridgehead atoms. The molecule has 0 saturated carbocycles. The van der Waals surface area contributed by atoms with Gasteiger partial charge >= 0.3 is 6.61 Å². The van der Waals surface area contributed by atoms with Gasteiger partial charge in [-0.15, -0.1) is 0 Å². The summed E-state index contributed by atoms with van der Waals surface area (Å²) in [6, 6.07) is 9.52. The van der Waals surface area contributed by atoms with Crippen molar-refractivity contribution in [1.29, 1.82) is 5.41 Å². The van der Waals surface area contributed by atoms with Crippen molar-refractivity contribution in [2.75, 3.05) is 6.54 Å². The lowest BCUT2D eigenvalue weighted by Crippen LogP contribution is -2.59. The maximum absolute atomic E-state index is 12.7. The highest BCUT2D eigenvalue weighted by molar-refractivity contribution is 6.30. The van der Waals surface area contributed by atoms with E-state index in [2.05, 4.69) is 10.1 Å². The Morgan fingerprint density at radius 3 is 2.53 bits per heavy atom. The minimum atomic E-state index is -3.09. The summed E-state index contributed by atoms with van der Waals surface area (Å²) < 4.78 is 29.2. The van der Waals surface area contributed by atoms with E-state index in [0.29, 0.717) is 12.0 Å². The van der Waals surface area contributed by atoms with Gasteiger partial charge in [-0.3, -0.25) is 15.0 Å². The number of likely N-dealkylation sites (tertiary alicyclic amines) is 1. The minimum absolute atomic E-state index is 0.0127. The smallest absolute Gasteiger partial charge is 0.387 e. The zero-order valence-corrected chi connectivity index (χ0v) is 17.5. The van der Waals surface area contributed by atoms with Crippen LogP contribution in [0.2, 0.25) is 5.02 Å². The van der Waals surface area contributed by atoms with Crippen molar-refractivity contribution in [3.05, 3.63) is 64.2 Å². The second kappa shape index (κ2) is 9.92. The molecule has 0 unspecified atom stereocenters. The van der Waals surface area contributed by atoms with E-state index in [1.807, 2.05) is 0 Å². The molecule has 1 aliphatic heterocycles. The maximum atomic E-state index is 12.7. The number of aliphatic hydroxyl groups is 1. The number of benzene rings is 2. The predicted molar refractivity (Wildman–Crippen MR) is 112 cm³/mol. The van der Waals surface area contributed by atoms with Gasteiger partial charge in [0.05, 0.1) is 0 Å². The Hall–Kier alpha value is -3.24. The third-order valence-electron chi connectivity index (χ3n) is 5.01. The molecular formula is C21H21ClF2N4O4. The third kappa shape index (κ3) is 5.51. The summed E-state index contributed by atoms with van der Waals surface area (Å²) >= 11 is 5.87. The number of halogens is 3. The van der Waals surface area contributed by atoms with Crippen molar-refractivity contribution in [3.8, 4) is 5.75 Å². The van der Waals surface area contributed by atoms with E-state index in [9.17, 15) is 23.5 Å². The summed E-state index contributed by atoms with van der Waals surface area (Å²) in [6.45, 7) is -2.61. The second-order valence-corrected chi connectivity index (χ2v) is 7.60. The number of carbonyl (C=O) groups is 2. The molecule has 1 saturated heterocycles. The van der Waals surface area contributed by atoms with Gasteiger partial charge in [0.25, 0.3) is 5.91 Å². The summed E-state index contributed by atoms with van der Waals surface area (Å²) in [5.41, 5.74) is 6.73. The Morgan fingerprint density at radius 2 is 1.97 bits per heavy atom. The van der Waals surface area contributed by atoms with E-state index in [4.69, 9.17) is 22.7 Å². The number of ether oxygens (including phenoxy) is 1. The minimum Gasteiger partial charge on any atom is -0.435 e. The van der Waals surface area contributed by atoms with E-state index in [-0.39, 0.29) is 41.2 Å². The van der Waals surface area contributed by atoms with Crippen LogP contribution in [0.1, 0.15) is 29.2 Å². The number of amides is 2. The fourth-order valence-electron chi connectivity index (χ4n) is 3.25. The number of hydrogen-bond acceptors (Lipinski definition) is 5. The van der Waals surface area contributed by atoms with E-state index in [0.717, 1.165) is 17.7 Å². The normalized spacial score (nSPS) is 16.3. The molecule has 32 heavy (non-hydrogen) atoms. The lowest BCUT2D eigenvalue weighted by Gasteiger charge is -2.40. The van der Waals surface area contributed by atoms with Crippen LogP contribution in [0.3, 0.4) is 0 Å². The average molecular weight is 467 g/mol. The van der Waals surface area contributed by atoms with Crippen LogP contribution in [0.25, 0.3) is 0 Å². The van der Waals surface area contributed by atoms with Gasteiger partial charge in [-0.05, 0) is 35.7 Å². The molecule has 0 aliphatic carbocycles. The zero-order chi connectivity index (χ0) is 23.4. The molecule has 2 aromatic carbocycles. The van der Waals surface area contributed by atoms with Crippen LogP contribution in [-0.2, 0) is 16.1 Å². The second-order valence-electron chi connectivity index (χ2n) is 7.17. The fraction of sp³-hybridized carbons (Fsp3) is 0.286. The quantitative estimate of drug-likeness (QED) is 0.350. The Bertz CT molecular complexity index is 1020. The first-order valence-corrected chi connectivity index (χ1v) is 9.98. The molecule has 1 aliphatic rings. The molecule has 170 valence electrons. The highest BCUT2D eigenvalue weighted by Crippen LogP contribution is 2.29. The van der Waals surface area contributed by atoms with Crippen molar-refractivity contribution in [3.63, 3.8) is 0 Å². The van der Waals surface area contributed by atoms with Crippen molar-refractivity contribution in [1.82, 2.24) is 10.2 Å². The largest absolute Gasteiger partial charge is 0.435 e. The Labute approximate surface area is 187 Å². The van der Waals surface area contributed by atoms with E-state index >= 15 is 0 Å². The number of nitrogens with zero attached hydrogens (tertiary/aromatic N) is 1. The summed E-state index contributed by atoms with van der Waals surface area (Å²) in [5.74, 6) is -1.48. The van der Waals surface area contributed by atoms with E-state index in [1.165, 1.54) is 11.0 Å². The van der Waals surface area contributed by atoms with Crippen LogP contribution in [0.4, 0.5) is 8.78 Å². The molecule has 0 aromatic heterocycles. The Morgan fingerprint density at radius 1 is 1.28 bits per heavy atom. The molecule has 1 heterocycles. The molecule has 1 fully saturated rings. The van der Waals surface area contributed by atoms with Crippen molar-refractivity contribution < 1.29 is 28.2 Å². The molecule has 2 atom stereocenters. The molecule has 2 amide bonds. The molecular weight excluding hydrogens is 446 g/mol. The van der Waals surface area contributed by atoms with Crippen molar-refractivity contribution >= 4 is 29.3 Å². The molecule has 3 rings (SSSR count). The fourth-order valence-corrected chi connectivity index (χ4v) is 3.48. The predicted octanol–water partition coefficient (Wildman–Crippen LogP) is 2.18. The van der Waals surface area contributed by atoms with E-state index in [1.54, 1.807) is 24.3 Å². The topological polar surface area (TPSA) is 129 Å². The highest BCUT2D eigenvalue weighted by Gasteiger charge is 2.40. The maximum Gasteiger partial charge on any atom is 0.387 e. The lowest BCUT2D eigenvalue weighted by molar-refractivity contribution is -0.154. The molecule has 5 N–H and O–H groups in total. The summed E-state index contributed by atoms with van der Waals surface area (Å²) in [7, 11) is 0. The van der Waals surface area contributed by atoms with Gasteiger partial charge in [-0.2, -0.15) is 8.78 Å². The number of nitrogens with two attached hydrogens (primary N) is 1. The number of carbonyl (C=O) groups excluding carboxylic acids is 2. The van der Waals surface area contributed by atoms with Crippen LogP contribution in [0, 0.1) is 5.41 Å². The van der Waals surface area contributed by atoms with Crippen molar-refractivity contribution in [2.45, 2.75) is 31.7 Å². The van der Waals surface area contributed by atoms with Gasteiger partial charge in [0, 0.05) is 23.7 Å². The van der Waals surface area contributed by atoms with Crippen LogP contribution in [0.5, 0.6) is 5.75 Å². The van der Waals surface area contributed by atoms with Crippen LogP contribution < -0.4 is 15.8 Å². The number of rotatable bonds is 8. The Balaban J connectivity index is 1.61. The lowest BCUT2D eigenvalue weighted by atomic mass is 9.98. The zero-order valence-electron chi connectivity index (χ0n) is 16.7. The van der Waals surface area contributed by atoms with Gasteiger partial charge in [-0.25, -0.2) is 0 Å². The number of aliphatic hydroxyl groups excluding tert-OH is 1. The molecule has 8 nitrogen and oxygen atoms in total. The molecule has 2 aromatic rings. The van der Waals surface area contributed by atoms with Crippen LogP contribution >= 0.6 is 11.6 Å². The van der Waals surface area contributed by atoms with Gasteiger partial charge in [0.2, 0.25) is 5.91 Å². The number of hydrogen-bond donors (Lipinski definition) is 4. The number of amidine groups is 1. The average Bonchev–Trinajstić information content (AvgIpc) is 2.70. The summed E-state index contributed by atoms with van der Waals surface area (Å²) in [4.78, 5) is 26.4. The highest BCUT2D eigenvalue weighted by atomic mass is 35.5. The first-order valence-electron chi connectivity index (χ1n) is 9.60. The summed E-state index contributed by atoms with van der Waals surface area (Å²) in [6.07, 6.45) is -1.27. The first-order chi connectivity index (χ1) is 15.2. The molecule has 11 heteroatoms. The van der Waals surface area contributed by atoms with Gasteiger partial charge < -0.3 is 25.8 Å². The van der Waals surface area contributed by atoms with Crippen LogP contribution in [-0.4, -0.2) is 46.9 Å². The van der Waals surface area contributed by atoms with Gasteiger partial charge in [0.15, 0.2) is 6.10 Å². The SMILES string of the molecule is N=C(N)c1ccc(CNC(=O)[C@H]2CCN2C(=O)[C@H](O)c2cc(Cl)cc(OC(F)F)c2)cc1. The third-order valence-corrected chi connectivity index (χ3v) is 5.22. The standard InChI is InChI=1S/C21H21ClF2N4O4/c22-14-7-13(8-15(9-14)32-21(23)24)17(29)20(31)28-6-5-16(28)19(30)27-10-11-1-3-12(4-2-11)18(25)26/h1-4,7-9,16-17,21,29H,5-6,10H2,(H3,25,26)(H,27,30)/t16-,17-/m1/s1. The number of nitrogens with one attached hydrogen (secondary N) is 2. The first kappa shape index (κ1) is 23.4. The number of alkyl halides is 2. The number of nitrogen functional groups attached to an aromatic ring is 1. The van der Waals surface area contributed by atoms with Gasteiger partial charge in [-0.1, -0.05) is 35.9 Å².